The van der Waals surface area contributed by atoms with Crippen molar-refractivity contribution >= 4 is 11.8 Å². The summed E-state index contributed by atoms with van der Waals surface area (Å²) < 4.78 is 0.454. The molecule has 1 heteroatoms. The predicted molar refractivity (Wildman–Crippen MR) is 93.7 cm³/mol. The van der Waals surface area contributed by atoms with E-state index in [1.165, 1.54) is 49.7 Å². The van der Waals surface area contributed by atoms with Crippen LogP contribution in [0.3, 0.4) is 0 Å². The summed E-state index contributed by atoms with van der Waals surface area (Å²) in [6.45, 7) is 0. The molecule has 3 rings (SSSR count). The summed E-state index contributed by atoms with van der Waals surface area (Å²) in [5.74, 6) is 1.15. The molecule has 0 spiro atoms. The average Bonchev–Trinajstić information content (AvgIpc) is 2.56. The van der Waals surface area contributed by atoms with Gasteiger partial charge in [-0.15, -0.1) is 0 Å². The number of rotatable bonds is 5. The lowest BCUT2D eigenvalue weighted by Crippen LogP contribution is -2.30. The largest absolute Gasteiger partial charge is 0.150 e. The van der Waals surface area contributed by atoms with Crippen LogP contribution in [-0.4, -0.2) is 4.75 Å². The Kier molecular flexibility index (Phi) is 5.03. The van der Waals surface area contributed by atoms with E-state index in [-0.39, 0.29) is 0 Å². The molecule has 110 valence electrons. The fourth-order valence-corrected chi connectivity index (χ4v) is 4.86. The van der Waals surface area contributed by atoms with E-state index in [0.717, 1.165) is 5.75 Å². The summed E-state index contributed by atoms with van der Waals surface area (Å²) in [5, 5.41) is 0. The third kappa shape index (κ3) is 4.14. The quantitative estimate of drug-likeness (QED) is 0.665. The van der Waals surface area contributed by atoms with Crippen LogP contribution >= 0.6 is 11.8 Å². The minimum absolute atomic E-state index is 0.454. The molecule has 1 fully saturated rings. The van der Waals surface area contributed by atoms with Crippen LogP contribution in [0.15, 0.2) is 60.7 Å². The summed E-state index contributed by atoms with van der Waals surface area (Å²) in [5.41, 5.74) is 2.96. The molecule has 0 heterocycles. The number of thioether (sulfide) groups is 1. The molecule has 0 unspecified atom stereocenters. The minimum atomic E-state index is 0.454. The molecular formula is C20H24S. The molecule has 0 nitrogen and oxygen atoms in total. The SMILES string of the molecule is c1ccc(CSC2(Cc3ccccc3)CCCCC2)cc1. The van der Waals surface area contributed by atoms with Crippen molar-refractivity contribution in [3.05, 3.63) is 71.8 Å². The van der Waals surface area contributed by atoms with Gasteiger partial charge in [-0.05, 0) is 30.4 Å². The third-order valence-corrected chi connectivity index (χ3v) is 6.16. The van der Waals surface area contributed by atoms with Gasteiger partial charge in [-0.2, -0.15) is 11.8 Å². The number of hydrogen-bond acceptors (Lipinski definition) is 1. The molecule has 0 amide bonds. The highest BCUT2D eigenvalue weighted by Crippen LogP contribution is 2.43. The van der Waals surface area contributed by atoms with Crippen LogP contribution in [0.4, 0.5) is 0 Å². The van der Waals surface area contributed by atoms with Crippen molar-refractivity contribution < 1.29 is 0 Å². The maximum Gasteiger partial charge on any atom is 0.0203 e. The van der Waals surface area contributed by atoms with Gasteiger partial charge < -0.3 is 0 Å². The molecule has 1 aliphatic carbocycles. The molecule has 2 aromatic carbocycles. The molecule has 21 heavy (non-hydrogen) atoms. The van der Waals surface area contributed by atoms with E-state index < -0.39 is 0 Å². The zero-order valence-electron chi connectivity index (χ0n) is 12.6. The molecule has 0 N–H and O–H groups in total. The lowest BCUT2D eigenvalue weighted by Gasteiger charge is -2.37. The third-order valence-electron chi connectivity index (χ3n) is 4.52. The zero-order chi connectivity index (χ0) is 14.4. The van der Waals surface area contributed by atoms with Crippen molar-refractivity contribution in [1.82, 2.24) is 0 Å². The van der Waals surface area contributed by atoms with Gasteiger partial charge in [-0.1, -0.05) is 79.9 Å². The summed E-state index contributed by atoms with van der Waals surface area (Å²) in [4.78, 5) is 0. The van der Waals surface area contributed by atoms with Crippen molar-refractivity contribution in [3.8, 4) is 0 Å². The van der Waals surface area contributed by atoms with E-state index in [1.807, 2.05) is 0 Å². The Morgan fingerprint density at radius 2 is 1.29 bits per heavy atom. The Bertz CT molecular complexity index is 526. The van der Waals surface area contributed by atoms with Gasteiger partial charge in [0.1, 0.15) is 0 Å². The van der Waals surface area contributed by atoms with Gasteiger partial charge in [0.15, 0.2) is 0 Å². The highest BCUT2D eigenvalue weighted by molar-refractivity contribution is 7.99. The molecular weight excluding hydrogens is 272 g/mol. The van der Waals surface area contributed by atoms with E-state index in [9.17, 15) is 0 Å². The standard InChI is InChI=1S/C20H24S/c1-4-10-18(11-5-1)16-20(14-8-3-9-15-20)21-17-19-12-6-2-7-13-19/h1-2,4-7,10-13H,3,8-9,14-17H2. The van der Waals surface area contributed by atoms with Gasteiger partial charge >= 0.3 is 0 Å². The highest BCUT2D eigenvalue weighted by Gasteiger charge is 2.32. The first-order valence-corrected chi connectivity index (χ1v) is 9.07. The lowest BCUT2D eigenvalue weighted by atomic mass is 9.84. The normalized spacial score (nSPS) is 17.5. The summed E-state index contributed by atoms with van der Waals surface area (Å²) in [7, 11) is 0. The second kappa shape index (κ2) is 7.17. The number of benzene rings is 2. The smallest absolute Gasteiger partial charge is 0.0203 e. The van der Waals surface area contributed by atoms with Gasteiger partial charge in [0.25, 0.3) is 0 Å². The fraction of sp³-hybridized carbons (Fsp3) is 0.400. The van der Waals surface area contributed by atoms with Gasteiger partial charge in [0.05, 0.1) is 0 Å². The summed E-state index contributed by atoms with van der Waals surface area (Å²) >= 11 is 2.19. The van der Waals surface area contributed by atoms with Crippen molar-refractivity contribution in [1.29, 1.82) is 0 Å². The van der Waals surface area contributed by atoms with Crippen LogP contribution in [0.2, 0.25) is 0 Å². The highest BCUT2D eigenvalue weighted by atomic mass is 32.2. The Morgan fingerprint density at radius 1 is 0.714 bits per heavy atom. The van der Waals surface area contributed by atoms with Crippen LogP contribution in [0.25, 0.3) is 0 Å². The average molecular weight is 296 g/mol. The molecule has 0 aliphatic heterocycles. The molecule has 0 atom stereocenters. The Labute approximate surface area is 133 Å². The zero-order valence-corrected chi connectivity index (χ0v) is 13.4. The van der Waals surface area contributed by atoms with E-state index in [2.05, 4.69) is 72.4 Å². The second-order valence-electron chi connectivity index (χ2n) is 6.18. The second-order valence-corrected chi connectivity index (χ2v) is 7.62. The van der Waals surface area contributed by atoms with E-state index in [4.69, 9.17) is 0 Å². The summed E-state index contributed by atoms with van der Waals surface area (Å²) in [6.07, 6.45) is 8.19. The van der Waals surface area contributed by atoms with Crippen LogP contribution in [-0.2, 0) is 12.2 Å². The first kappa shape index (κ1) is 14.7. The molecule has 0 bridgehead atoms. The van der Waals surface area contributed by atoms with Gasteiger partial charge in [-0.25, -0.2) is 0 Å². The minimum Gasteiger partial charge on any atom is -0.150 e. The van der Waals surface area contributed by atoms with Crippen molar-refractivity contribution in [2.45, 2.75) is 49.0 Å². The Balaban J connectivity index is 1.70. The van der Waals surface area contributed by atoms with E-state index in [0.29, 0.717) is 4.75 Å². The van der Waals surface area contributed by atoms with Crippen LogP contribution < -0.4 is 0 Å². The first-order valence-electron chi connectivity index (χ1n) is 8.08. The molecule has 0 aromatic heterocycles. The van der Waals surface area contributed by atoms with Gasteiger partial charge in [0.2, 0.25) is 0 Å². The predicted octanol–water partition coefficient (Wildman–Crippen LogP) is 5.87. The lowest BCUT2D eigenvalue weighted by molar-refractivity contribution is 0.395. The van der Waals surface area contributed by atoms with E-state index in [1.54, 1.807) is 0 Å². The van der Waals surface area contributed by atoms with Gasteiger partial charge in [0, 0.05) is 10.5 Å². The maximum atomic E-state index is 2.29. The number of hydrogen-bond donors (Lipinski definition) is 0. The maximum absolute atomic E-state index is 2.29. The first-order chi connectivity index (χ1) is 10.4. The Morgan fingerprint density at radius 3 is 1.90 bits per heavy atom. The molecule has 1 aliphatic rings. The van der Waals surface area contributed by atoms with Crippen molar-refractivity contribution in [2.24, 2.45) is 0 Å². The van der Waals surface area contributed by atoms with Crippen molar-refractivity contribution in [3.63, 3.8) is 0 Å². The monoisotopic (exact) mass is 296 g/mol. The van der Waals surface area contributed by atoms with Gasteiger partial charge in [-0.3, -0.25) is 0 Å². The molecule has 2 aromatic rings. The topological polar surface area (TPSA) is 0 Å². The molecule has 1 saturated carbocycles. The van der Waals surface area contributed by atoms with Crippen LogP contribution in [0, 0.1) is 0 Å². The van der Waals surface area contributed by atoms with Crippen molar-refractivity contribution in [2.75, 3.05) is 0 Å². The van der Waals surface area contributed by atoms with Crippen LogP contribution in [0.1, 0.15) is 43.2 Å². The molecule has 0 saturated heterocycles. The molecule has 0 radical (unpaired) electrons. The van der Waals surface area contributed by atoms with E-state index >= 15 is 0 Å². The fourth-order valence-electron chi connectivity index (χ4n) is 3.35. The van der Waals surface area contributed by atoms with Crippen LogP contribution in [0.5, 0.6) is 0 Å². The Hall–Kier alpha value is -1.21. The summed E-state index contributed by atoms with van der Waals surface area (Å²) in [6, 6.07) is 22.0.